The Hall–Kier alpha value is -2.60. The van der Waals surface area contributed by atoms with Gasteiger partial charge in [0.15, 0.2) is 11.5 Å². The Labute approximate surface area is 191 Å². The topological polar surface area (TPSA) is 63.7 Å². The van der Waals surface area contributed by atoms with E-state index in [1.807, 2.05) is 24.4 Å². The number of carbonyl (C=O) groups is 1. The van der Waals surface area contributed by atoms with Crippen molar-refractivity contribution in [3.05, 3.63) is 53.9 Å². The summed E-state index contributed by atoms with van der Waals surface area (Å²) in [5, 5.41) is 3.39. The van der Waals surface area contributed by atoms with Gasteiger partial charge in [-0.2, -0.15) is 0 Å². The zero-order chi connectivity index (χ0) is 22.3. The number of pyridine rings is 1. The Morgan fingerprint density at radius 3 is 2.47 bits per heavy atom. The average molecular weight is 438 g/mol. The summed E-state index contributed by atoms with van der Waals surface area (Å²) in [7, 11) is 3.33. The minimum absolute atomic E-state index is 0.00692. The highest BCUT2D eigenvalue weighted by Gasteiger charge is 2.32. The summed E-state index contributed by atoms with van der Waals surface area (Å²) in [6.45, 7) is 2.89. The van der Waals surface area contributed by atoms with Crippen molar-refractivity contribution in [3.63, 3.8) is 0 Å². The maximum absolute atomic E-state index is 12.9. The van der Waals surface area contributed by atoms with Gasteiger partial charge in [0, 0.05) is 18.7 Å². The molecule has 2 fully saturated rings. The fraction of sp³-hybridized carbons (Fsp3) is 0.538. The molecule has 0 bridgehead atoms. The van der Waals surface area contributed by atoms with Crippen LogP contribution >= 0.6 is 0 Å². The number of likely N-dealkylation sites (tertiary alicyclic amines) is 1. The molecule has 2 aliphatic rings. The molecule has 0 spiro atoms. The number of piperidine rings is 1. The van der Waals surface area contributed by atoms with Crippen molar-refractivity contribution >= 4 is 5.91 Å². The van der Waals surface area contributed by atoms with Crippen molar-refractivity contribution in [2.24, 2.45) is 11.8 Å². The van der Waals surface area contributed by atoms with Gasteiger partial charge < -0.3 is 14.8 Å². The molecule has 6 nitrogen and oxygen atoms in total. The first-order chi connectivity index (χ1) is 15.7. The number of nitrogens with one attached hydrogen (secondary N) is 1. The van der Waals surface area contributed by atoms with E-state index in [0.29, 0.717) is 5.92 Å². The Morgan fingerprint density at radius 2 is 1.81 bits per heavy atom. The minimum Gasteiger partial charge on any atom is -0.493 e. The van der Waals surface area contributed by atoms with Gasteiger partial charge in [-0.3, -0.25) is 14.7 Å². The number of benzene rings is 1. The smallest absolute Gasteiger partial charge is 0.223 e. The summed E-state index contributed by atoms with van der Waals surface area (Å²) in [5.41, 5.74) is 2.20. The van der Waals surface area contributed by atoms with Crippen molar-refractivity contribution in [2.75, 3.05) is 27.3 Å². The summed E-state index contributed by atoms with van der Waals surface area (Å²) >= 11 is 0. The lowest BCUT2D eigenvalue weighted by Crippen LogP contribution is -2.42. The highest BCUT2D eigenvalue weighted by Crippen LogP contribution is 2.33. The van der Waals surface area contributed by atoms with Crippen LogP contribution in [0.2, 0.25) is 0 Å². The van der Waals surface area contributed by atoms with Gasteiger partial charge >= 0.3 is 0 Å². The molecule has 6 heteroatoms. The third-order valence-electron chi connectivity index (χ3n) is 6.99. The first-order valence-electron chi connectivity index (χ1n) is 11.8. The SMILES string of the molecule is COc1ccc(CN2CCC([C@H](NC(=O)C3CCCC3)c3ccccn3)CC2)cc1OC. The van der Waals surface area contributed by atoms with Crippen LogP contribution < -0.4 is 14.8 Å². The van der Waals surface area contributed by atoms with E-state index in [1.165, 1.54) is 18.4 Å². The van der Waals surface area contributed by atoms with Gasteiger partial charge in [0.25, 0.3) is 0 Å². The van der Waals surface area contributed by atoms with Crippen LogP contribution in [0.1, 0.15) is 55.8 Å². The molecular weight excluding hydrogens is 402 g/mol. The molecule has 4 rings (SSSR count). The lowest BCUT2D eigenvalue weighted by atomic mass is 9.86. The van der Waals surface area contributed by atoms with E-state index in [4.69, 9.17) is 9.47 Å². The minimum atomic E-state index is -0.00692. The summed E-state index contributed by atoms with van der Waals surface area (Å²) in [6, 6.07) is 12.1. The Bertz CT molecular complexity index is 875. The molecule has 1 aliphatic heterocycles. The van der Waals surface area contributed by atoms with Crippen LogP contribution in [0.4, 0.5) is 0 Å². The molecule has 172 valence electrons. The van der Waals surface area contributed by atoms with Gasteiger partial charge in [0.1, 0.15) is 0 Å². The molecule has 1 saturated carbocycles. The van der Waals surface area contributed by atoms with E-state index >= 15 is 0 Å². The van der Waals surface area contributed by atoms with Crippen LogP contribution in [0.3, 0.4) is 0 Å². The van der Waals surface area contributed by atoms with Crippen molar-refractivity contribution in [1.82, 2.24) is 15.2 Å². The maximum Gasteiger partial charge on any atom is 0.223 e. The lowest BCUT2D eigenvalue weighted by molar-refractivity contribution is -0.126. The zero-order valence-electron chi connectivity index (χ0n) is 19.3. The van der Waals surface area contributed by atoms with Gasteiger partial charge in [0.2, 0.25) is 5.91 Å². The number of methoxy groups -OCH3 is 2. The Balaban J connectivity index is 1.39. The van der Waals surface area contributed by atoms with E-state index in [9.17, 15) is 4.79 Å². The maximum atomic E-state index is 12.9. The number of aromatic nitrogens is 1. The monoisotopic (exact) mass is 437 g/mol. The van der Waals surface area contributed by atoms with Crippen LogP contribution in [0.15, 0.2) is 42.6 Å². The van der Waals surface area contributed by atoms with Gasteiger partial charge in [0.05, 0.1) is 26.0 Å². The molecule has 1 saturated heterocycles. The third kappa shape index (κ3) is 5.41. The molecule has 1 N–H and O–H groups in total. The second-order valence-corrected chi connectivity index (χ2v) is 9.03. The van der Waals surface area contributed by atoms with Crippen LogP contribution in [0, 0.1) is 11.8 Å². The van der Waals surface area contributed by atoms with E-state index in [1.54, 1.807) is 14.2 Å². The molecule has 1 aromatic carbocycles. The van der Waals surface area contributed by atoms with Crippen LogP contribution in [0.25, 0.3) is 0 Å². The van der Waals surface area contributed by atoms with E-state index < -0.39 is 0 Å². The number of ether oxygens (including phenoxy) is 2. The number of carbonyl (C=O) groups excluding carboxylic acids is 1. The van der Waals surface area contributed by atoms with Gasteiger partial charge in [-0.1, -0.05) is 25.0 Å². The fourth-order valence-corrected chi connectivity index (χ4v) is 5.13. The van der Waals surface area contributed by atoms with Crippen LogP contribution in [0.5, 0.6) is 11.5 Å². The normalized spacial score (nSPS) is 18.9. The quantitative estimate of drug-likeness (QED) is 0.665. The molecule has 2 aromatic rings. The molecule has 1 aromatic heterocycles. The average Bonchev–Trinajstić information content (AvgIpc) is 3.39. The standard InChI is InChI=1S/C26H35N3O3/c1-31-23-11-10-19(17-24(23)32-2)18-29-15-12-20(13-16-29)25(22-9-5-6-14-27-22)28-26(30)21-7-3-4-8-21/h5-6,9-11,14,17,20-21,25H,3-4,7-8,12-13,15-16,18H2,1-2H3,(H,28,30)/t25-/m0/s1. The third-order valence-corrected chi connectivity index (χ3v) is 6.99. The van der Waals surface area contributed by atoms with E-state index in [2.05, 4.69) is 33.4 Å². The van der Waals surface area contributed by atoms with Crippen molar-refractivity contribution < 1.29 is 14.3 Å². The molecule has 2 heterocycles. The summed E-state index contributed by atoms with van der Waals surface area (Å²) in [6.07, 6.45) is 8.28. The molecule has 1 aliphatic carbocycles. The predicted octanol–water partition coefficient (Wildman–Crippen LogP) is 4.36. The van der Waals surface area contributed by atoms with E-state index in [-0.39, 0.29) is 17.9 Å². The molecular formula is C26H35N3O3. The molecule has 1 amide bonds. The molecule has 1 atom stereocenters. The number of amides is 1. The number of hydrogen-bond donors (Lipinski definition) is 1. The van der Waals surface area contributed by atoms with Crippen LogP contribution in [-0.2, 0) is 11.3 Å². The summed E-state index contributed by atoms with van der Waals surface area (Å²) < 4.78 is 10.8. The fourth-order valence-electron chi connectivity index (χ4n) is 5.13. The second-order valence-electron chi connectivity index (χ2n) is 9.03. The summed E-state index contributed by atoms with van der Waals surface area (Å²) in [5.74, 6) is 2.31. The summed E-state index contributed by atoms with van der Waals surface area (Å²) in [4.78, 5) is 20.0. The van der Waals surface area contributed by atoms with Crippen molar-refractivity contribution in [2.45, 2.75) is 51.1 Å². The molecule has 0 radical (unpaired) electrons. The van der Waals surface area contributed by atoms with Crippen molar-refractivity contribution in [1.29, 1.82) is 0 Å². The largest absolute Gasteiger partial charge is 0.493 e. The zero-order valence-corrected chi connectivity index (χ0v) is 19.3. The molecule has 0 unspecified atom stereocenters. The number of hydrogen-bond acceptors (Lipinski definition) is 5. The van der Waals surface area contributed by atoms with Crippen LogP contribution in [-0.4, -0.2) is 43.1 Å². The number of rotatable bonds is 8. The van der Waals surface area contributed by atoms with Gasteiger partial charge in [-0.25, -0.2) is 0 Å². The molecule has 32 heavy (non-hydrogen) atoms. The predicted molar refractivity (Wildman–Crippen MR) is 125 cm³/mol. The van der Waals surface area contributed by atoms with Crippen molar-refractivity contribution in [3.8, 4) is 11.5 Å². The van der Waals surface area contributed by atoms with Gasteiger partial charge in [-0.15, -0.1) is 0 Å². The Morgan fingerprint density at radius 1 is 1.06 bits per heavy atom. The van der Waals surface area contributed by atoms with E-state index in [0.717, 1.165) is 62.5 Å². The Kier molecular flexibility index (Phi) is 7.63. The first kappa shape index (κ1) is 22.6. The first-order valence-corrected chi connectivity index (χ1v) is 11.8. The van der Waals surface area contributed by atoms with Gasteiger partial charge in [-0.05, 0) is 74.5 Å². The lowest BCUT2D eigenvalue weighted by Gasteiger charge is -2.36. The highest BCUT2D eigenvalue weighted by molar-refractivity contribution is 5.79. The second kappa shape index (κ2) is 10.8. The highest BCUT2D eigenvalue weighted by atomic mass is 16.5. The number of nitrogens with zero attached hydrogens (tertiary/aromatic N) is 2.